The van der Waals surface area contributed by atoms with Crippen molar-refractivity contribution in [1.29, 1.82) is 0 Å². The van der Waals surface area contributed by atoms with E-state index in [1.807, 2.05) is 0 Å². The molecule has 0 unspecified atom stereocenters. The molecular formula is C19H15ClN2O5. The van der Waals surface area contributed by atoms with Crippen molar-refractivity contribution in [3.8, 4) is 17.1 Å². The predicted molar refractivity (Wildman–Crippen MR) is 101 cm³/mol. The molecule has 1 heterocycles. The molecule has 7 nitrogen and oxygen atoms in total. The lowest BCUT2D eigenvalue weighted by molar-refractivity contribution is -0.384. The number of anilines is 1. The number of nitro groups is 1. The van der Waals surface area contributed by atoms with Gasteiger partial charge >= 0.3 is 0 Å². The van der Waals surface area contributed by atoms with Gasteiger partial charge in [-0.2, -0.15) is 0 Å². The highest BCUT2D eigenvalue weighted by Gasteiger charge is 2.22. The van der Waals surface area contributed by atoms with E-state index in [0.717, 1.165) is 0 Å². The van der Waals surface area contributed by atoms with E-state index in [0.29, 0.717) is 17.2 Å². The molecule has 0 aliphatic carbocycles. The summed E-state index contributed by atoms with van der Waals surface area (Å²) < 4.78 is 10.7. The van der Waals surface area contributed by atoms with Gasteiger partial charge in [-0.3, -0.25) is 14.9 Å². The molecule has 8 heteroatoms. The lowest BCUT2D eigenvalue weighted by atomic mass is 10.1. The number of rotatable bonds is 5. The Morgan fingerprint density at radius 3 is 2.52 bits per heavy atom. The zero-order valence-corrected chi connectivity index (χ0v) is 15.2. The number of methoxy groups -OCH3 is 1. The van der Waals surface area contributed by atoms with Crippen molar-refractivity contribution in [3.63, 3.8) is 0 Å². The van der Waals surface area contributed by atoms with Crippen molar-refractivity contribution < 1.29 is 18.9 Å². The van der Waals surface area contributed by atoms with Crippen LogP contribution in [0.1, 0.15) is 16.1 Å². The van der Waals surface area contributed by atoms with Gasteiger partial charge in [-0.15, -0.1) is 0 Å². The van der Waals surface area contributed by atoms with E-state index in [4.69, 9.17) is 20.8 Å². The highest BCUT2D eigenvalue weighted by Crippen LogP contribution is 2.34. The number of carbonyl (C=O) groups excluding carboxylic acids is 1. The van der Waals surface area contributed by atoms with Crippen molar-refractivity contribution in [2.45, 2.75) is 6.92 Å². The fourth-order valence-electron chi connectivity index (χ4n) is 2.58. The van der Waals surface area contributed by atoms with Crippen molar-refractivity contribution in [2.24, 2.45) is 0 Å². The first kappa shape index (κ1) is 18.5. The minimum absolute atomic E-state index is 0.196. The molecule has 0 aliphatic rings. The van der Waals surface area contributed by atoms with Gasteiger partial charge in [-0.25, -0.2) is 0 Å². The van der Waals surface area contributed by atoms with Gasteiger partial charge in [0.15, 0.2) is 0 Å². The summed E-state index contributed by atoms with van der Waals surface area (Å²) in [5.41, 5.74) is 0.917. The molecule has 1 amide bonds. The van der Waals surface area contributed by atoms with Crippen LogP contribution in [0.2, 0.25) is 5.02 Å². The van der Waals surface area contributed by atoms with Gasteiger partial charge in [-0.1, -0.05) is 11.6 Å². The number of furan rings is 1. The summed E-state index contributed by atoms with van der Waals surface area (Å²) in [5, 5.41) is 14.3. The predicted octanol–water partition coefficient (Wildman–Crippen LogP) is 5.08. The maximum Gasteiger partial charge on any atom is 0.281 e. The van der Waals surface area contributed by atoms with Gasteiger partial charge in [0.25, 0.3) is 11.6 Å². The zero-order valence-electron chi connectivity index (χ0n) is 14.5. The molecule has 138 valence electrons. The van der Waals surface area contributed by atoms with E-state index >= 15 is 0 Å². The number of amides is 1. The lowest BCUT2D eigenvalue weighted by Gasteiger charge is -2.05. The number of hydrogen-bond acceptors (Lipinski definition) is 5. The third-order valence-electron chi connectivity index (χ3n) is 3.93. The Hall–Kier alpha value is -3.32. The fraction of sp³-hybridized carbons (Fsp3) is 0.105. The van der Waals surface area contributed by atoms with Gasteiger partial charge in [-0.05, 0) is 49.4 Å². The average molecular weight is 387 g/mol. The van der Waals surface area contributed by atoms with Crippen LogP contribution in [0.3, 0.4) is 0 Å². The molecular weight excluding hydrogens is 372 g/mol. The number of nitro benzene ring substituents is 1. The highest BCUT2D eigenvalue weighted by atomic mass is 35.5. The summed E-state index contributed by atoms with van der Waals surface area (Å²) >= 11 is 5.84. The first-order chi connectivity index (χ1) is 12.9. The first-order valence-corrected chi connectivity index (χ1v) is 8.27. The Bertz CT molecular complexity index is 1010. The Balaban J connectivity index is 1.90. The molecule has 0 atom stereocenters. The normalized spacial score (nSPS) is 10.5. The molecule has 2 aromatic carbocycles. The smallest absolute Gasteiger partial charge is 0.281 e. The van der Waals surface area contributed by atoms with Crippen molar-refractivity contribution in [3.05, 3.63) is 75.0 Å². The Kier molecular flexibility index (Phi) is 5.14. The second-order valence-electron chi connectivity index (χ2n) is 5.68. The quantitative estimate of drug-likeness (QED) is 0.487. The maximum atomic E-state index is 12.5. The second-order valence-corrected chi connectivity index (χ2v) is 6.12. The number of ether oxygens (including phenoxy) is 1. The van der Waals surface area contributed by atoms with Gasteiger partial charge in [0.2, 0.25) is 0 Å². The van der Waals surface area contributed by atoms with Gasteiger partial charge in [0.1, 0.15) is 17.3 Å². The van der Waals surface area contributed by atoms with E-state index in [9.17, 15) is 14.9 Å². The van der Waals surface area contributed by atoms with Crippen LogP contribution in [-0.4, -0.2) is 17.9 Å². The Morgan fingerprint density at radius 2 is 1.89 bits per heavy atom. The number of nitrogens with one attached hydrogen (secondary N) is 1. The molecule has 3 rings (SSSR count). The third-order valence-corrected chi connectivity index (χ3v) is 4.17. The van der Waals surface area contributed by atoms with Gasteiger partial charge in [0.05, 0.1) is 23.2 Å². The minimum atomic E-state index is -0.545. The van der Waals surface area contributed by atoms with Crippen LogP contribution in [0, 0.1) is 17.0 Å². The summed E-state index contributed by atoms with van der Waals surface area (Å²) in [6.45, 7) is 1.62. The second kappa shape index (κ2) is 7.51. The fourth-order valence-corrected chi connectivity index (χ4v) is 2.74. The molecule has 0 radical (unpaired) electrons. The molecule has 27 heavy (non-hydrogen) atoms. The number of halogens is 1. The van der Waals surface area contributed by atoms with E-state index in [2.05, 4.69) is 5.32 Å². The number of carbonyl (C=O) groups is 1. The van der Waals surface area contributed by atoms with Crippen molar-refractivity contribution >= 4 is 28.9 Å². The maximum absolute atomic E-state index is 12.5. The van der Waals surface area contributed by atoms with Crippen LogP contribution in [0.5, 0.6) is 5.75 Å². The topological polar surface area (TPSA) is 94.6 Å². The Labute approximate surface area is 159 Å². The minimum Gasteiger partial charge on any atom is -0.497 e. The third kappa shape index (κ3) is 3.93. The number of hydrogen-bond donors (Lipinski definition) is 1. The van der Waals surface area contributed by atoms with E-state index in [1.165, 1.54) is 24.3 Å². The van der Waals surface area contributed by atoms with Crippen molar-refractivity contribution in [2.75, 3.05) is 12.4 Å². The van der Waals surface area contributed by atoms with Crippen LogP contribution in [0.4, 0.5) is 11.4 Å². The van der Waals surface area contributed by atoms with E-state index in [1.54, 1.807) is 38.3 Å². The summed E-state index contributed by atoms with van der Waals surface area (Å²) in [6, 6.07) is 12.6. The molecule has 0 saturated heterocycles. The molecule has 0 bridgehead atoms. The summed E-state index contributed by atoms with van der Waals surface area (Å²) in [4.78, 5) is 23.3. The molecule has 0 aliphatic heterocycles. The molecule has 0 fully saturated rings. The summed E-state index contributed by atoms with van der Waals surface area (Å²) in [6.07, 6.45) is 0. The SMILES string of the molecule is COc1ccc(NC(=O)c2cc(-c3ccc(Cl)cc3[N+](=O)[O-])oc2C)cc1. The molecule has 1 aromatic heterocycles. The number of nitrogens with zero attached hydrogens (tertiary/aromatic N) is 1. The van der Waals surface area contributed by atoms with Crippen LogP contribution in [0.25, 0.3) is 11.3 Å². The zero-order chi connectivity index (χ0) is 19.6. The first-order valence-electron chi connectivity index (χ1n) is 7.89. The number of benzene rings is 2. The van der Waals surface area contributed by atoms with Gasteiger partial charge < -0.3 is 14.5 Å². The van der Waals surface area contributed by atoms with E-state index < -0.39 is 4.92 Å². The van der Waals surface area contributed by atoms with E-state index in [-0.39, 0.29) is 33.5 Å². The van der Waals surface area contributed by atoms with Gasteiger partial charge in [0, 0.05) is 16.8 Å². The van der Waals surface area contributed by atoms with Crippen LogP contribution >= 0.6 is 11.6 Å². The lowest BCUT2D eigenvalue weighted by Crippen LogP contribution is -2.11. The average Bonchev–Trinajstić information content (AvgIpc) is 3.04. The standard InChI is InChI=1S/C19H15ClN2O5/c1-11-16(19(23)21-13-4-6-14(26-2)7-5-13)10-18(27-11)15-8-3-12(20)9-17(15)22(24)25/h3-10H,1-2H3,(H,21,23). The summed E-state index contributed by atoms with van der Waals surface area (Å²) in [7, 11) is 1.56. The largest absolute Gasteiger partial charge is 0.497 e. The molecule has 0 saturated carbocycles. The number of aryl methyl sites for hydroxylation is 1. The molecule has 3 aromatic rings. The van der Waals surface area contributed by atoms with Crippen LogP contribution in [0.15, 0.2) is 52.9 Å². The highest BCUT2D eigenvalue weighted by molar-refractivity contribution is 6.30. The molecule has 1 N–H and O–H groups in total. The monoisotopic (exact) mass is 386 g/mol. The van der Waals surface area contributed by atoms with Crippen molar-refractivity contribution in [1.82, 2.24) is 0 Å². The summed E-state index contributed by atoms with van der Waals surface area (Å²) in [5.74, 6) is 0.852. The van der Waals surface area contributed by atoms with Crippen LogP contribution in [-0.2, 0) is 0 Å². The molecule has 0 spiro atoms. The van der Waals surface area contributed by atoms with Crippen LogP contribution < -0.4 is 10.1 Å². The Morgan fingerprint density at radius 1 is 1.19 bits per heavy atom.